The maximum atomic E-state index is 14.2. The van der Waals surface area contributed by atoms with Crippen LogP contribution < -0.4 is 10.1 Å². The second kappa shape index (κ2) is 7.98. The van der Waals surface area contributed by atoms with E-state index in [4.69, 9.17) is 9.47 Å². The molecule has 1 rings (SSSR count). The predicted octanol–water partition coefficient (Wildman–Crippen LogP) is 2.83. The average molecular weight is 313 g/mol. The first-order chi connectivity index (χ1) is 10.3. The van der Waals surface area contributed by atoms with Crippen LogP contribution in [-0.2, 0) is 4.74 Å². The molecule has 0 aromatic heterocycles. The third kappa shape index (κ3) is 5.52. The smallest absolute Gasteiger partial charge is 0.407 e. The van der Waals surface area contributed by atoms with Crippen LogP contribution in [0.4, 0.5) is 9.18 Å². The number of alkyl carbamates (subject to hydrolysis) is 1. The van der Waals surface area contributed by atoms with Gasteiger partial charge in [-0.05, 0) is 38.8 Å². The Kier molecular flexibility index (Phi) is 6.61. The summed E-state index contributed by atoms with van der Waals surface area (Å²) in [5, 5.41) is 12.1. The number of nitrogens with one attached hydrogen (secondary N) is 1. The first kappa shape index (κ1) is 18.2. The maximum absolute atomic E-state index is 14.2. The minimum Gasteiger partial charge on any atom is -0.494 e. The highest BCUT2D eigenvalue weighted by Crippen LogP contribution is 2.27. The Hall–Kier alpha value is -1.82. The lowest BCUT2D eigenvalue weighted by Crippen LogP contribution is -2.33. The third-order valence-corrected chi connectivity index (χ3v) is 3.03. The molecule has 2 N–H and O–H groups in total. The molecule has 22 heavy (non-hydrogen) atoms. The highest BCUT2D eigenvalue weighted by Gasteiger charge is 2.19. The van der Waals surface area contributed by atoms with Crippen LogP contribution in [-0.4, -0.2) is 37.1 Å². The fourth-order valence-corrected chi connectivity index (χ4v) is 2.01. The number of aliphatic hydroxyl groups is 1. The van der Waals surface area contributed by atoms with Crippen molar-refractivity contribution in [3.63, 3.8) is 0 Å². The number of methoxy groups -OCH3 is 1. The molecular formula is C16H24FNO4. The molecule has 1 aromatic rings. The number of amides is 1. The summed E-state index contributed by atoms with van der Waals surface area (Å²) in [4.78, 5) is 11.5. The van der Waals surface area contributed by atoms with Crippen LogP contribution in [0.1, 0.15) is 38.7 Å². The first-order valence-corrected chi connectivity index (χ1v) is 7.18. The van der Waals surface area contributed by atoms with Gasteiger partial charge in [-0.15, -0.1) is 0 Å². The zero-order valence-corrected chi connectivity index (χ0v) is 13.5. The van der Waals surface area contributed by atoms with Crippen molar-refractivity contribution in [3.05, 3.63) is 29.6 Å². The highest BCUT2D eigenvalue weighted by atomic mass is 19.1. The second-order valence-electron chi connectivity index (χ2n) is 5.96. The van der Waals surface area contributed by atoms with Crippen molar-refractivity contribution < 1.29 is 23.8 Å². The third-order valence-electron chi connectivity index (χ3n) is 3.03. The van der Waals surface area contributed by atoms with E-state index in [1.165, 1.54) is 13.2 Å². The van der Waals surface area contributed by atoms with E-state index in [0.29, 0.717) is 12.0 Å². The molecule has 1 atom stereocenters. The molecule has 0 heterocycles. The first-order valence-electron chi connectivity index (χ1n) is 7.18. The number of hydrogen-bond donors (Lipinski definition) is 2. The fourth-order valence-electron chi connectivity index (χ4n) is 2.01. The number of hydrogen-bond acceptors (Lipinski definition) is 4. The number of benzene rings is 1. The van der Waals surface area contributed by atoms with E-state index < -0.39 is 23.4 Å². The zero-order valence-electron chi connectivity index (χ0n) is 13.5. The summed E-state index contributed by atoms with van der Waals surface area (Å²) in [5.74, 6) is -0.776. The largest absolute Gasteiger partial charge is 0.494 e. The molecule has 1 unspecified atom stereocenters. The van der Waals surface area contributed by atoms with Crippen LogP contribution in [0.25, 0.3) is 0 Å². The van der Waals surface area contributed by atoms with Crippen LogP contribution in [0.15, 0.2) is 18.2 Å². The summed E-state index contributed by atoms with van der Waals surface area (Å²) in [7, 11) is 1.39. The Balaban J connectivity index is 2.61. The molecule has 0 spiro atoms. The van der Waals surface area contributed by atoms with Gasteiger partial charge in [-0.25, -0.2) is 9.18 Å². The van der Waals surface area contributed by atoms with Gasteiger partial charge in [0.05, 0.1) is 13.7 Å². The number of aliphatic hydroxyl groups excluding tert-OH is 1. The average Bonchev–Trinajstić information content (AvgIpc) is 2.42. The summed E-state index contributed by atoms with van der Waals surface area (Å²) in [5.41, 5.74) is -0.202. The molecule has 0 saturated heterocycles. The molecule has 0 radical (unpaired) electrons. The van der Waals surface area contributed by atoms with Crippen molar-refractivity contribution in [2.24, 2.45) is 0 Å². The number of carbonyl (C=O) groups is 1. The van der Waals surface area contributed by atoms with Crippen molar-refractivity contribution >= 4 is 6.09 Å². The van der Waals surface area contributed by atoms with Crippen LogP contribution in [0.2, 0.25) is 0 Å². The van der Waals surface area contributed by atoms with E-state index in [2.05, 4.69) is 5.32 Å². The van der Waals surface area contributed by atoms with E-state index in [1.54, 1.807) is 32.9 Å². The van der Waals surface area contributed by atoms with Gasteiger partial charge in [0.1, 0.15) is 5.60 Å². The normalized spacial score (nSPS) is 12.6. The minimum atomic E-state index is -0.570. The van der Waals surface area contributed by atoms with Crippen molar-refractivity contribution in [2.45, 2.75) is 38.7 Å². The van der Waals surface area contributed by atoms with Gasteiger partial charge in [0.25, 0.3) is 0 Å². The molecule has 5 nitrogen and oxygen atoms in total. The van der Waals surface area contributed by atoms with Crippen LogP contribution in [0.5, 0.6) is 5.75 Å². The summed E-state index contributed by atoms with van der Waals surface area (Å²) < 4.78 is 24.2. The summed E-state index contributed by atoms with van der Waals surface area (Å²) >= 11 is 0. The SMILES string of the molecule is COc1cccc(C(CO)CCNC(=O)OC(C)(C)C)c1F. The van der Waals surface area contributed by atoms with Gasteiger partial charge in [0, 0.05) is 12.5 Å². The van der Waals surface area contributed by atoms with Gasteiger partial charge in [-0.2, -0.15) is 0 Å². The van der Waals surface area contributed by atoms with E-state index in [9.17, 15) is 14.3 Å². The van der Waals surface area contributed by atoms with Gasteiger partial charge in [-0.1, -0.05) is 12.1 Å². The van der Waals surface area contributed by atoms with Crippen molar-refractivity contribution in [1.29, 1.82) is 0 Å². The number of halogens is 1. The van der Waals surface area contributed by atoms with Crippen molar-refractivity contribution in [2.75, 3.05) is 20.3 Å². The second-order valence-corrected chi connectivity index (χ2v) is 5.96. The minimum absolute atomic E-state index is 0.135. The van der Waals surface area contributed by atoms with Crippen molar-refractivity contribution in [3.8, 4) is 5.75 Å². The molecule has 1 amide bonds. The maximum Gasteiger partial charge on any atom is 0.407 e. The number of carbonyl (C=O) groups excluding carboxylic acids is 1. The van der Waals surface area contributed by atoms with Gasteiger partial charge in [0.15, 0.2) is 11.6 Å². The quantitative estimate of drug-likeness (QED) is 0.847. The molecule has 0 aliphatic heterocycles. The standard InChI is InChI=1S/C16H24FNO4/c1-16(2,3)22-15(20)18-9-8-11(10-19)12-6-5-7-13(21-4)14(12)17/h5-7,11,19H,8-10H2,1-4H3,(H,18,20). The van der Waals surface area contributed by atoms with Crippen LogP contribution in [0, 0.1) is 5.82 Å². The predicted molar refractivity (Wildman–Crippen MR) is 81.6 cm³/mol. The molecule has 6 heteroatoms. The molecule has 0 aliphatic carbocycles. The monoisotopic (exact) mass is 313 g/mol. The summed E-state index contributed by atoms with van der Waals surface area (Å²) in [6.45, 7) is 5.37. The van der Waals surface area contributed by atoms with E-state index >= 15 is 0 Å². The fraction of sp³-hybridized carbons (Fsp3) is 0.562. The summed E-state index contributed by atoms with van der Waals surface area (Å²) in [6, 6.07) is 4.79. The van der Waals surface area contributed by atoms with Gasteiger partial charge in [0.2, 0.25) is 0 Å². The van der Waals surface area contributed by atoms with Gasteiger partial charge >= 0.3 is 6.09 Å². The topological polar surface area (TPSA) is 67.8 Å². The van der Waals surface area contributed by atoms with E-state index in [0.717, 1.165) is 0 Å². The lowest BCUT2D eigenvalue weighted by atomic mass is 9.95. The molecule has 0 fully saturated rings. The Morgan fingerprint density at radius 3 is 2.64 bits per heavy atom. The van der Waals surface area contributed by atoms with Gasteiger partial charge in [-0.3, -0.25) is 0 Å². The Bertz CT molecular complexity index is 499. The molecular weight excluding hydrogens is 289 g/mol. The Labute approximate surface area is 130 Å². The summed E-state index contributed by atoms with van der Waals surface area (Å²) in [6.07, 6.45) is -0.143. The molecule has 0 aliphatic rings. The van der Waals surface area contributed by atoms with E-state index in [-0.39, 0.29) is 18.9 Å². The van der Waals surface area contributed by atoms with E-state index in [1.807, 2.05) is 0 Å². The molecule has 0 saturated carbocycles. The molecule has 0 bridgehead atoms. The lowest BCUT2D eigenvalue weighted by Gasteiger charge is -2.21. The van der Waals surface area contributed by atoms with Crippen LogP contribution >= 0.6 is 0 Å². The van der Waals surface area contributed by atoms with Crippen molar-refractivity contribution in [1.82, 2.24) is 5.32 Å². The number of rotatable bonds is 6. The van der Waals surface area contributed by atoms with Gasteiger partial charge < -0.3 is 19.9 Å². The Morgan fingerprint density at radius 1 is 1.41 bits per heavy atom. The molecule has 1 aromatic carbocycles. The number of ether oxygens (including phenoxy) is 2. The molecule has 124 valence electrons. The zero-order chi connectivity index (χ0) is 16.8. The highest BCUT2D eigenvalue weighted by molar-refractivity contribution is 5.67. The van der Waals surface area contributed by atoms with Crippen LogP contribution in [0.3, 0.4) is 0 Å². The lowest BCUT2D eigenvalue weighted by molar-refractivity contribution is 0.0525. The Morgan fingerprint density at radius 2 is 2.09 bits per heavy atom.